The molecule has 1 N–H and O–H groups in total. The van der Waals surface area contributed by atoms with E-state index in [1.165, 1.54) is 11.0 Å². The molecule has 0 saturated carbocycles. The normalized spacial score (nSPS) is 26.2. The highest BCUT2D eigenvalue weighted by molar-refractivity contribution is 9.12. The number of hydrogen-bond acceptors (Lipinski definition) is 6. The Balaban J connectivity index is 1.46. The van der Waals surface area contributed by atoms with E-state index >= 15 is 0 Å². The summed E-state index contributed by atoms with van der Waals surface area (Å²) >= 11 is 3.23. The second-order valence-corrected chi connectivity index (χ2v) is 11.1. The maximum Gasteiger partial charge on any atom is 0.234 e. The number of fused-ring (bicyclic) bond motifs is 3. The molecule has 4 unspecified atom stereocenters. The van der Waals surface area contributed by atoms with E-state index in [9.17, 15) is 24.3 Å². The molecule has 0 radical (unpaired) electrons. The third kappa shape index (κ3) is 4.00. The molecule has 0 aromatic heterocycles. The average Bonchev–Trinajstić information content (AvgIpc) is 3.17. The van der Waals surface area contributed by atoms with Crippen molar-refractivity contribution in [3.8, 4) is 11.5 Å². The van der Waals surface area contributed by atoms with Crippen molar-refractivity contribution in [3.05, 3.63) is 93.0 Å². The fourth-order valence-electron chi connectivity index (χ4n) is 6.59. The Bertz CT molecular complexity index is 1520. The van der Waals surface area contributed by atoms with Crippen LogP contribution < -0.4 is 4.74 Å². The number of nitrogens with zero attached hydrogens (tertiary/aromatic N) is 1. The Labute approximate surface area is 234 Å². The molecule has 3 aliphatic carbocycles. The summed E-state index contributed by atoms with van der Waals surface area (Å²) in [6.07, 6.45) is 3.74. The second-order valence-electron chi connectivity index (χ2n) is 10.3. The van der Waals surface area contributed by atoms with Crippen LogP contribution in [0.2, 0.25) is 0 Å². The maximum atomic E-state index is 13.8. The minimum absolute atomic E-state index is 0.103. The van der Waals surface area contributed by atoms with Crippen LogP contribution in [-0.2, 0) is 25.7 Å². The number of phenols is 1. The van der Waals surface area contributed by atoms with E-state index in [0.29, 0.717) is 29.7 Å². The number of para-hydroxylation sites is 1. The summed E-state index contributed by atoms with van der Waals surface area (Å²) in [4.78, 5) is 55.4. The number of halogens is 1. The first-order valence-electron chi connectivity index (χ1n) is 13.0. The number of allylic oxidation sites excluding steroid dienone is 6. The molecule has 1 heterocycles. The topological polar surface area (TPSA) is 101 Å². The highest BCUT2D eigenvalue weighted by atomic mass is 79.9. The van der Waals surface area contributed by atoms with Gasteiger partial charge in [0.1, 0.15) is 0 Å². The highest BCUT2D eigenvalue weighted by Crippen LogP contribution is 2.57. The Morgan fingerprint density at radius 1 is 1.00 bits per heavy atom. The maximum absolute atomic E-state index is 13.8. The van der Waals surface area contributed by atoms with Crippen LogP contribution in [0.5, 0.6) is 11.5 Å². The van der Waals surface area contributed by atoms with E-state index in [1.54, 1.807) is 18.2 Å². The number of aromatic hydroxyl groups is 1. The summed E-state index contributed by atoms with van der Waals surface area (Å²) in [7, 11) is 0. The van der Waals surface area contributed by atoms with Crippen molar-refractivity contribution in [1.82, 2.24) is 4.90 Å². The third-order valence-corrected chi connectivity index (χ3v) is 8.84. The number of carbonyl (C=O) groups excluding carboxylic acids is 4. The molecule has 0 bridgehead atoms. The van der Waals surface area contributed by atoms with Crippen molar-refractivity contribution in [2.45, 2.75) is 32.2 Å². The van der Waals surface area contributed by atoms with Crippen LogP contribution in [0.15, 0.2) is 81.9 Å². The Hall–Kier alpha value is -3.78. The lowest BCUT2D eigenvalue weighted by molar-refractivity contribution is -0.140. The molecule has 1 saturated heterocycles. The van der Waals surface area contributed by atoms with Gasteiger partial charge in [0.2, 0.25) is 11.8 Å². The van der Waals surface area contributed by atoms with Crippen LogP contribution in [0.25, 0.3) is 0 Å². The van der Waals surface area contributed by atoms with E-state index in [0.717, 1.165) is 11.1 Å². The van der Waals surface area contributed by atoms with Gasteiger partial charge in [0.05, 0.1) is 29.5 Å². The van der Waals surface area contributed by atoms with Gasteiger partial charge in [0.15, 0.2) is 23.1 Å². The fraction of sp³-hybridized carbons (Fsp3) is 0.290. The van der Waals surface area contributed by atoms with Gasteiger partial charge in [-0.1, -0.05) is 54.1 Å². The van der Waals surface area contributed by atoms with Crippen LogP contribution in [0, 0.1) is 17.8 Å². The lowest BCUT2D eigenvalue weighted by atomic mass is 9.59. The number of ketones is 2. The quantitative estimate of drug-likeness (QED) is 0.308. The van der Waals surface area contributed by atoms with Crippen molar-refractivity contribution in [3.63, 3.8) is 0 Å². The van der Waals surface area contributed by atoms with Gasteiger partial charge >= 0.3 is 0 Å². The van der Waals surface area contributed by atoms with Crippen molar-refractivity contribution >= 4 is 39.3 Å². The second kappa shape index (κ2) is 9.75. The standard InChI is InChI=1S/C31H26BrNO6/c1-2-39-24-10-6-9-18(29(24)36)25-17-11-12-19-26(20(17)13-21-27(25)23(34)14-22(32)28(21)35)31(38)33(30(19)37)15-16-7-4-3-5-8-16/h3-11,14,19-20,25-26,36H,2,12-13,15H2,1H3. The van der Waals surface area contributed by atoms with Gasteiger partial charge in [-0.2, -0.15) is 0 Å². The lowest BCUT2D eigenvalue weighted by Crippen LogP contribution is -2.39. The number of rotatable bonds is 5. The number of amides is 2. The van der Waals surface area contributed by atoms with Crippen molar-refractivity contribution in [2.24, 2.45) is 17.8 Å². The van der Waals surface area contributed by atoms with Gasteiger partial charge in [-0.25, -0.2) is 0 Å². The van der Waals surface area contributed by atoms with Gasteiger partial charge in [-0.3, -0.25) is 24.1 Å². The summed E-state index contributed by atoms with van der Waals surface area (Å²) in [6, 6.07) is 14.5. The number of likely N-dealkylation sites (tertiary alicyclic amines) is 1. The first kappa shape index (κ1) is 25.5. The lowest BCUT2D eigenvalue weighted by Gasteiger charge is -2.42. The first-order chi connectivity index (χ1) is 18.8. The average molecular weight is 588 g/mol. The molecule has 1 aliphatic heterocycles. The molecule has 4 aliphatic rings. The summed E-state index contributed by atoms with van der Waals surface area (Å²) in [5, 5.41) is 11.2. The zero-order chi connectivity index (χ0) is 27.4. The number of benzene rings is 2. The number of ether oxygens (including phenoxy) is 1. The van der Waals surface area contributed by atoms with E-state index in [1.807, 2.05) is 43.3 Å². The summed E-state index contributed by atoms with van der Waals surface area (Å²) in [5.41, 5.74) is 2.72. The van der Waals surface area contributed by atoms with E-state index in [-0.39, 0.29) is 52.3 Å². The minimum Gasteiger partial charge on any atom is -0.504 e. The van der Waals surface area contributed by atoms with Gasteiger partial charge in [-0.05, 0) is 53.2 Å². The fourth-order valence-corrected chi connectivity index (χ4v) is 7.04. The van der Waals surface area contributed by atoms with Crippen molar-refractivity contribution in [2.75, 3.05) is 6.61 Å². The zero-order valence-electron chi connectivity index (χ0n) is 21.2. The van der Waals surface area contributed by atoms with E-state index in [4.69, 9.17) is 4.74 Å². The predicted octanol–water partition coefficient (Wildman–Crippen LogP) is 4.75. The van der Waals surface area contributed by atoms with Crippen LogP contribution in [0.4, 0.5) is 0 Å². The SMILES string of the molecule is CCOc1cccc(C2C3=CCC4C(=O)N(Cc5ccccc5)C(=O)C4C3CC3=C2C(=O)C=C(Br)C3=O)c1O. The van der Waals surface area contributed by atoms with E-state index in [2.05, 4.69) is 15.9 Å². The highest BCUT2D eigenvalue weighted by Gasteiger charge is 2.56. The summed E-state index contributed by atoms with van der Waals surface area (Å²) in [5.74, 6) is -3.31. The van der Waals surface area contributed by atoms with E-state index < -0.39 is 23.7 Å². The Morgan fingerprint density at radius 3 is 2.51 bits per heavy atom. The number of imide groups is 1. The molecule has 4 atom stereocenters. The van der Waals surface area contributed by atoms with Crippen LogP contribution in [0.3, 0.4) is 0 Å². The number of phenolic OH excluding ortho intramolecular Hbond substituents is 1. The van der Waals surface area contributed by atoms with Crippen LogP contribution in [-0.4, -0.2) is 40.0 Å². The third-order valence-electron chi connectivity index (χ3n) is 8.25. The molecular formula is C31H26BrNO6. The molecule has 8 heteroatoms. The monoisotopic (exact) mass is 587 g/mol. The molecule has 2 amide bonds. The van der Waals surface area contributed by atoms with Crippen molar-refractivity contribution in [1.29, 1.82) is 0 Å². The first-order valence-corrected chi connectivity index (χ1v) is 13.8. The predicted molar refractivity (Wildman–Crippen MR) is 146 cm³/mol. The molecule has 2 aromatic carbocycles. The van der Waals surface area contributed by atoms with Crippen LogP contribution in [0.1, 0.15) is 36.8 Å². The zero-order valence-corrected chi connectivity index (χ0v) is 22.8. The molecule has 6 rings (SSSR count). The summed E-state index contributed by atoms with van der Waals surface area (Å²) in [6.45, 7) is 2.34. The van der Waals surface area contributed by atoms with Gasteiger partial charge in [-0.15, -0.1) is 0 Å². The minimum atomic E-state index is -0.737. The molecule has 1 fully saturated rings. The van der Waals surface area contributed by atoms with Gasteiger partial charge < -0.3 is 9.84 Å². The largest absolute Gasteiger partial charge is 0.504 e. The number of carbonyl (C=O) groups is 4. The Kier molecular flexibility index (Phi) is 6.38. The number of Topliss-reactive ketones (excluding diaryl/α,β-unsaturated/α-hetero) is 1. The molecule has 0 spiro atoms. The number of hydrogen-bond donors (Lipinski definition) is 1. The van der Waals surface area contributed by atoms with Gasteiger partial charge in [0.25, 0.3) is 0 Å². The molecular weight excluding hydrogens is 562 g/mol. The van der Waals surface area contributed by atoms with Gasteiger partial charge in [0, 0.05) is 28.7 Å². The molecule has 198 valence electrons. The molecule has 7 nitrogen and oxygen atoms in total. The molecule has 2 aromatic rings. The smallest absolute Gasteiger partial charge is 0.234 e. The molecule has 39 heavy (non-hydrogen) atoms. The summed E-state index contributed by atoms with van der Waals surface area (Å²) < 4.78 is 5.78. The van der Waals surface area contributed by atoms with Crippen LogP contribution >= 0.6 is 15.9 Å². The Morgan fingerprint density at radius 2 is 1.77 bits per heavy atom. The van der Waals surface area contributed by atoms with Crippen molar-refractivity contribution < 1.29 is 29.0 Å².